The molecule has 0 aliphatic heterocycles. The van der Waals surface area contributed by atoms with Crippen LogP contribution in [0.4, 0.5) is 13.2 Å². The molecule has 0 aliphatic carbocycles. The molecule has 19 heavy (non-hydrogen) atoms. The summed E-state index contributed by atoms with van der Waals surface area (Å²) in [7, 11) is -4.55. The molecule has 4 nitrogen and oxygen atoms in total. The number of aliphatic hydroxyl groups is 1. The summed E-state index contributed by atoms with van der Waals surface area (Å²) >= 11 is 0. The van der Waals surface area contributed by atoms with Gasteiger partial charge in [0, 0.05) is 12.1 Å². The van der Waals surface area contributed by atoms with Gasteiger partial charge in [0.05, 0.1) is 12.1 Å². The first-order chi connectivity index (χ1) is 8.65. The molecular weight excluding hydrogens is 283 g/mol. The van der Waals surface area contributed by atoms with Gasteiger partial charge in [-0.25, -0.2) is 26.3 Å². The predicted molar refractivity (Wildman–Crippen MR) is 62.4 cm³/mol. The third-order valence-electron chi connectivity index (χ3n) is 2.74. The van der Waals surface area contributed by atoms with Crippen LogP contribution in [0.15, 0.2) is 17.0 Å². The van der Waals surface area contributed by atoms with E-state index in [4.69, 9.17) is 5.11 Å². The van der Waals surface area contributed by atoms with Crippen LogP contribution in [-0.4, -0.2) is 25.7 Å². The van der Waals surface area contributed by atoms with Crippen LogP contribution in [0, 0.1) is 17.5 Å². The van der Waals surface area contributed by atoms with E-state index in [9.17, 15) is 21.6 Å². The molecule has 0 saturated carbocycles. The summed E-state index contributed by atoms with van der Waals surface area (Å²) in [6.07, 6.45) is 0.202. The lowest BCUT2D eigenvalue weighted by molar-refractivity contribution is 0.191. The van der Waals surface area contributed by atoms with Crippen LogP contribution in [0.5, 0.6) is 0 Å². The van der Waals surface area contributed by atoms with E-state index in [1.807, 2.05) is 4.72 Å². The Kier molecular flexibility index (Phi) is 4.59. The topological polar surface area (TPSA) is 66.4 Å². The molecule has 1 rings (SSSR count). The van der Waals surface area contributed by atoms with Crippen LogP contribution >= 0.6 is 0 Å². The summed E-state index contributed by atoms with van der Waals surface area (Å²) in [5.41, 5.74) is -1.26. The van der Waals surface area contributed by atoms with Crippen molar-refractivity contribution in [1.29, 1.82) is 0 Å². The van der Waals surface area contributed by atoms with Crippen LogP contribution in [-0.2, 0) is 10.0 Å². The standard InChI is InChI=1S/C11H14F3NO3S/c1-3-11(2,6-16)15-19(17,18)10-8(13)4-7(12)5-9(10)14/h4-5,15-16H,3,6H2,1-2H3. The van der Waals surface area contributed by atoms with Crippen molar-refractivity contribution < 1.29 is 26.7 Å². The Morgan fingerprint density at radius 1 is 1.26 bits per heavy atom. The van der Waals surface area contributed by atoms with Crippen molar-refractivity contribution in [3.63, 3.8) is 0 Å². The van der Waals surface area contributed by atoms with E-state index >= 15 is 0 Å². The van der Waals surface area contributed by atoms with Gasteiger partial charge in [0.15, 0.2) is 4.90 Å². The Morgan fingerprint density at radius 2 is 1.74 bits per heavy atom. The lowest BCUT2D eigenvalue weighted by atomic mass is 10.0. The summed E-state index contributed by atoms with van der Waals surface area (Å²) in [5, 5.41) is 9.10. The molecule has 108 valence electrons. The van der Waals surface area contributed by atoms with E-state index in [1.165, 1.54) is 6.92 Å². The Morgan fingerprint density at radius 3 is 2.11 bits per heavy atom. The van der Waals surface area contributed by atoms with E-state index < -0.39 is 44.5 Å². The van der Waals surface area contributed by atoms with Gasteiger partial charge in [-0.2, -0.15) is 0 Å². The van der Waals surface area contributed by atoms with Crippen LogP contribution in [0.1, 0.15) is 20.3 Å². The number of sulfonamides is 1. The van der Waals surface area contributed by atoms with Gasteiger partial charge in [0.25, 0.3) is 0 Å². The summed E-state index contributed by atoms with van der Waals surface area (Å²) in [6.45, 7) is 2.42. The average Bonchev–Trinajstić information content (AvgIpc) is 2.26. The molecule has 2 N–H and O–H groups in total. The predicted octanol–water partition coefficient (Wildman–Crippen LogP) is 1.54. The molecular formula is C11H14F3NO3S. The van der Waals surface area contributed by atoms with Crippen molar-refractivity contribution in [3.05, 3.63) is 29.6 Å². The fourth-order valence-corrected chi connectivity index (χ4v) is 2.97. The Labute approximate surface area is 109 Å². The van der Waals surface area contributed by atoms with Gasteiger partial charge >= 0.3 is 0 Å². The van der Waals surface area contributed by atoms with Crippen molar-refractivity contribution in [1.82, 2.24) is 4.72 Å². The van der Waals surface area contributed by atoms with Gasteiger partial charge in [0.2, 0.25) is 10.0 Å². The molecule has 0 saturated heterocycles. The minimum absolute atomic E-state index is 0.202. The van der Waals surface area contributed by atoms with E-state index in [0.29, 0.717) is 0 Å². The van der Waals surface area contributed by atoms with Gasteiger partial charge in [-0.3, -0.25) is 0 Å². The van der Waals surface area contributed by atoms with Gasteiger partial charge in [-0.15, -0.1) is 0 Å². The number of nitrogens with one attached hydrogen (secondary N) is 1. The first-order valence-electron chi connectivity index (χ1n) is 5.44. The second kappa shape index (κ2) is 5.48. The Hall–Kier alpha value is -1.12. The average molecular weight is 297 g/mol. The molecule has 0 bridgehead atoms. The maximum absolute atomic E-state index is 13.4. The summed E-state index contributed by atoms with van der Waals surface area (Å²) in [4.78, 5) is -1.26. The molecule has 0 fully saturated rings. The van der Waals surface area contributed by atoms with Crippen molar-refractivity contribution in [3.8, 4) is 0 Å². The second-order valence-electron chi connectivity index (χ2n) is 4.38. The molecule has 0 aromatic heterocycles. The number of halogens is 3. The zero-order valence-corrected chi connectivity index (χ0v) is 11.2. The molecule has 0 aliphatic rings. The molecule has 1 aromatic carbocycles. The minimum atomic E-state index is -4.55. The lowest BCUT2D eigenvalue weighted by Crippen LogP contribution is -2.48. The third-order valence-corrected chi connectivity index (χ3v) is 4.43. The highest BCUT2D eigenvalue weighted by Gasteiger charge is 2.32. The summed E-state index contributed by atoms with van der Waals surface area (Å²) in [6, 6.07) is 0.555. The van der Waals surface area contributed by atoms with Gasteiger partial charge in [-0.1, -0.05) is 6.92 Å². The molecule has 0 heterocycles. The molecule has 8 heteroatoms. The summed E-state index contributed by atoms with van der Waals surface area (Å²) < 4.78 is 65.4. The minimum Gasteiger partial charge on any atom is -0.394 e. The molecule has 0 amide bonds. The van der Waals surface area contributed by atoms with E-state index in [0.717, 1.165) is 0 Å². The maximum atomic E-state index is 13.4. The highest BCUT2D eigenvalue weighted by atomic mass is 32.2. The molecule has 0 spiro atoms. The van der Waals surface area contributed by atoms with E-state index in [1.54, 1.807) is 6.92 Å². The van der Waals surface area contributed by atoms with Crippen LogP contribution in [0.3, 0.4) is 0 Å². The zero-order valence-electron chi connectivity index (χ0n) is 10.4. The maximum Gasteiger partial charge on any atom is 0.247 e. The third kappa shape index (κ3) is 3.46. The second-order valence-corrected chi connectivity index (χ2v) is 6.00. The van der Waals surface area contributed by atoms with Crippen LogP contribution in [0.2, 0.25) is 0 Å². The quantitative estimate of drug-likeness (QED) is 0.866. The largest absolute Gasteiger partial charge is 0.394 e. The number of rotatable bonds is 5. The highest BCUT2D eigenvalue weighted by molar-refractivity contribution is 7.89. The zero-order chi connectivity index (χ0) is 14.8. The van der Waals surface area contributed by atoms with Crippen molar-refractivity contribution >= 4 is 10.0 Å². The van der Waals surface area contributed by atoms with E-state index in [2.05, 4.69) is 0 Å². The van der Waals surface area contributed by atoms with Crippen LogP contribution in [0.25, 0.3) is 0 Å². The van der Waals surface area contributed by atoms with E-state index in [-0.39, 0.29) is 18.6 Å². The number of aliphatic hydroxyl groups excluding tert-OH is 1. The van der Waals surface area contributed by atoms with Crippen molar-refractivity contribution in [2.75, 3.05) is 6.61 Å². The molecule has 1 atom stereocenters. The highest BCUT2D eigenvalue weighted by Crippen LogP contribution is 2.22. The van der Waals surface area contributed by atoms with Crippen molar-refractivity contribution in [2.24, 2.45) is 0 Å². The molecule has 1 aromatic rings. The first kappa shape index (κ1) is 15.9. The van der Waals surface area contributed by atoms with Gasteiger partial charge in [0.1, 0.15) is 17.5 Å². The number of hydrogen-bond acceptors (Lipinski definition) is 3. The Bertz CT molecular complexity index is 548. The lowest BCUT2D eigenvalue weighted by Gasteiger charge is -2.26. The monoisotopic (exact) mass is 297 g/mol. The van der Waals surface area contributed by atoms with Gasteiger partial charge in [-0.05, 0) is 13.3 Å². The fraction of sp³-hybridized carbons (Fsp3) is 0.455. The van der Waals surface area contributed by atoms with Crippen LogP contribution < -0.4 is 4.72 Å². The number of benzene rings is 1. The summed E-state index contributed by atoms with van der Waals surface area (Å²) in [5.74, 6) is -4.27. The molecule has 0 radical (unpaired) electrons. The van der Waals surface area contributed by atoms with Gasteiger partial charge < -0.3 is 5.11 Å². The smallest absolute Gasteiger partial charge is 0.247 e. The Balaban J connectivity index is 3.29. The fourth-order valence-electron chi connectivity index (χ4n) is 1.38. The SMILES string of the molecule is CCC(C)(CO)NS(=O)(=O)c1c(F)cc(F)cc1F. The van der Waals surface area contributed by atoms with Crippen molar-refractivity contribution in [2.45, 2.75) is 30.7 Å². The normalized spacial score (nSPS) is 15.3. The molecule has 1 unspecified atom stereocenters. The first-order valence-corrected chi connectivity index (χ1v) is 6.93. The number of hydrogen-bond donors (Lipinski definition) is 2.